The molecule has 1 fully saturated rings. The van der Waals surface area contributed by atoms with Crippen LogP contribution in [0.5, 0.6) is 0 Å². The van der Waals surface area contributed by atoms with Crippen LogP contribution in [-0.4, -0.2) is 36.4 Å². The number of hydrogen-bond donors (Lipinski definition) is 1. The average molecular weight is 406 g/mol. The molecule has 2 amide bonds. The van der Waals surface area contributed by atoms with Gasteiger partial charge < -0.3 is 15.1 Å². The number of hydrogen-bond acceptors (Lipinski definition) is 5. The summed E-state index contributed by atoms with van der Waals surface area (Å²) in [6.45, 7) is 2.77. The van der Waals surface area contributed by atoms with E-state index in [9.17, 15) is 9.59 Å². The Morgan fingerprint density at radius 1 is 1.13 bits per heavy atom. The van der Waals surface area contributed by atoms with Crippen molar-refractivity contribution in [2.45, 2.75) is 38.6 Å². The molecular weight excluding hydrogens is 378 g/mol. The summed E-state index contributed by atoms with van der Waals surface area (Å²) in [4.78, 5) is 33.2. The third-order valence-electron chi connectivity index (χ3n) is 5.11. The lowest BCUT2D eigenvalue weighted by atomic mass is 10.2. The highest BCUT2D eigenvalue weighted by Crippen LogP contribution is 2.19. The van der Waals surface area contributed by atoms with Crippen LogP contribution < -0.4 is 15.1 Å². The molecule has 1 saturated heterocycles. The first-order valence-corrected chi connectivity index (χ1v) is 10.4. The number of carbonyl (C=O) groups excluding carboxylic acids is 2. The highest BCUT2D eigenvalue weighted by molar-refractivity contribution is 5.95. The third-order valence-corrected chi connectivity index (χ3v) is 5.11. The molecular formula is C23H27N5O2. The number of amides is 2. The van der Waals surface area contributed by atoms with Crippen molar-refractivity contribution in [1.82, 2.24) is 10.3 Å². The molecule has 7 nitrogen and oxygen atoms in total. The van der Waals surface area contributed by atoms with E-state index in [1.807, 2.05) is 42.5 Å². The molecule has 0 bridgehead atoms. The lowest BCUT2D eigenvalue weighted by Crippen LogP contribution is -2.33. The maximum atomic E-state index is 12.6. The molecule has 156 valence electrons. The topological polar surface area (TPSA) is 89.3 Å². The molecule has 1 aromatic carbocycles. The van der Waals surface area contributed by atoms with E-state index in [2.05, 4.69) is 21.3 Å². The van der Waals surface area contributed by atoms with Gasteiger partial charge in [0.2, 0.25) is 11.8 Å². The Hall–Kier alpha value is -3.40. The number of rotatable bonds is 9. The largest absolute Gasteiger partial charge is 0.357 e. The van der Waals surface area contributed by atoms with Crippen LogP contribution in [0.3, 0.4) is 0 Å². The maximum Gasteiger partial charge on any atom is 0.227 e. The number of pyridine rings is 1. The number of benzene rings is 1. The van der Waals surface area contributed by atoms with E-state index in [0.29, 0.717) is 13.1 Å². The van der Waals surface area contributed by atoms with E-state index in [0.717, 1.165) is 30.2 Å². The molecule has 0 spiro atoms. The summed E-state index contributed by atoms with van der Waals surface area (Å²) in [5, 5.41) is 11.8. The van der Waals surface area contributed by atoms with Crippen molar-refractivity contribution in [2.75, 3.05) is 29.4 Å². The molecule has 1 aliphatic rings. The van der Waals surface area contributed by atoms with Gasteiger partial charge in [0, 0.05) is 50.9 Å². The number of para-hydroxylation sites is 1. The van der Waals surface area contributed by atoms with Crippen LogP contribution in [0.15, 0.2) is 48.7 Å². The Bertz CT molecular complexity index is 888. The number of carbonyl (C=O) groups is 2. The summed E-state index contributed by atoms with van der Waals surface area (Å²) in [6, 6.07) is 15.2. The number of anilines is 2. The number of nitriles is 1. The van der Waals surface area contributed by atoms with Crippen LogP contribution >= 0.6 is 0 Å². The third kappa shape index (κ3) is 6.05. The second-order valence-electron chi connectivity index (χ2n) is 7.28. The molecule has 1 aromatic heterocycles. The van der Waals surface area contributed by atoms with Crippen molar-refractivity contribution in [2.24, 2.45) is 0 Å². The Kier molecular flexibility index (Phi) is 7.78. The van der Waals surface area contributed by atoms with Crippen molar-refractivity contribution in [3.05, 3.63) is 54.2 Å². The summed E-state index contributed by atoms with van der Waals surface area (Å²) in [5.74, 6) is 0.619. The second kappa shape index (κ2) is 11.0. The maximum absolute atomic E-state index is 12.6. The van der Waals surface area contributed by atoms with E-state index >= 15 is 0 Å². The van der Waals surface area contributed by atoms with Crippen LogP contribution in [0.1, 0.15) is 37.7 Å². The van der Waals surface area contributed by atoms with Crippen LogP contribution in [0.2, 0.25) is 0 Å². The molecule has 30 heavy (non-hydrogen) atoms. The molecule has 0 radical (unpaired) electrons. The van der Waals surface area contributed by atoms with Gasteiger partial charge in [0.05, 0.1) is 12.5 Å². The molecule has 0 atom stereocenters. The molecule has 0 unspecified atom stereocenters. The van der Waals surface area contributed by atoms with Gasteiger partial charge >= 0.3 is 0 Å². The van der Waals surface area contributed by atoms with Crippen molar-refractivity contribution in [3.63, 3.8) is 0 Å². The van der Waals surface area contributed by atoms with Gasteiger partial charge in [0.15, 0.2) is 0 Å². The van der Waals surface area contributed by atoms with Gasteiger partial charge in [-0.25, -0.2) is 4.98 Å². The first kappa shape index (κ1) is 21.3. The quantitative estimate of drug-likeness (QED) is 0.693. The van der Waals surface area contributed by atoms with Gasteiger partial charge in [-0.3, -0.25) is 9.59 Å². The lowest BCUT2D eigenvalue weighted by molar-refractivity contribution is -0.125. The molecule has 2 heterocycles. The smallest absolute Gasteiger partial charge is 0.227 e. The van der Waals surface area contributed by atoms with Crippen molar-refractivity contribution in [1.29, 1.82) is 5.26 Å². The first-order valence-electron chi connectivity index (χ1n) is 10.4. The zero-order valence-corrected chi connectivity index (χ0v) is 17.1. The molecule has 1 N–H and O–H groups in total. The van der Waals surface area contributed by atoms with E-state index in [1.54, 1.807) is 11.1 Å². The Labute approximate surface area is 177 Å². The van der Waals surface area contributed by atoms with Crippen molar-refractivity contribution < 1.29 is 9.59 Å². The Morgan fingerprint density at radius 2 is 1.90 bits per heavy atom. The van der Waals surface area contributed by atoms with Gasteiger partial charge in [0.25, 0.3) is 0 Å². The van der Waals surface area contributed by atoms with E-state index in [1.165, 1.54) is 12.8 Å². The normalized spacial score (nSPS) is 13.0. The van der Waals surface area contributed by atoms with E-state index < -0.39 is 0 Å². The predicted molar refractivity (Wildman–Crippen MR) is 116 cm³/mol. The first-order chi connectivity index (χ1) is 14.7. The lowest BCUT2D eigenvalue weighted by Gasteiger charge is -2.21. The van der Waals surface area contributed by atoms with Crippen molar-refractivity contribution in [3.8, 4) is 6.07 Å². The van der Waals surface area contributed by atoms with Gasteiger partial charge in [0.1, 0.15) is 5.82 Å². The highest BCUT2D eigenvalue weighted by atomic mass is 16.2. The predicted octanol–water partition coefficient (Wildman–Crippen LogP) is 3.03. The molecule has 1 aliphatic heterocycles. The van der Waals surface area contributed by atoms with Gasteiger partial charge in [-0.2, -0.15) is 5.26 Å². The minimum absolute atomic E-state index is 0.0987. The van der Waals surface area contributed by atoms with Gasteiger partial charge in [-0.1, -0.05) is 18.2 Å². The van der Waals surface area contributed by atoms with Crippen molar-refractivity contribution >= 4 is 23.3 Å². The number of aromatic nitrogens is 1. The standard InChI is InChI=1S/C23H27N5O2/c24-12-6-16-28(20-7-2-1-3-8-20)23(30)10-9-22(29)26-18-19-11-13-25-21(17-19)27-14-4-5-15-27/h1-3,7-8,11,13,17H,4-6,9-10,14-16,18H2,(H,26,29). The van der Waals surface area contributed by atoms with Gasteiger partial charge in [-0.05, 0) is 42.7 Å². The monoisotopic (exact) mass is 405 g/mol. The fraction of sp³-hybridized carbons (Fsp3) is 0.391. The number of nitrogens with one attached hydrogen (secondary N) is 1. The van der Waals surface area contributed by atoms with E-state index in [4.69, 9.17) is 5.26 Å². The summed E-state index contributed by atoms with van der Waals surface area (Å²) in [6.07, 6.45) is 4.59. The molecule has 7 heteroatoms. The summed E-state index contributed by atoms with van der Waals surface area (Å²) < 4.78 is 0. The Balaban J connectivity index is 1.49. The molecule has 0 saturated carbocycles. The van der Waals surface area contributed by atoms with Gasteiger partial charge in [-0.15, -0.1) is 0 Å². The molecule has 2 aromatic rings. The molecule has 3 rings (SSSR count). The average Bonchev–Trinajstić information content (AvgIpc) is 3.32. The van der Waals surface area contributed by atoms with E-state index in [-0.39, 0.29) is 31.1 Å². The minimum Gasteiger partial charge on any atom is -0.357 e. The second-order valence-corrected chi connectivity index (χ2v) is 7.28. The SMILES string of the molecule is N#CCCN(C(=O)CCC(=O)NCc1ccnc(N2CCCC2)c1)c1ccccc1. The number of nitrogens with zero attached hydrogens (tertiary/aromatic N) is 4. The van der Waals surface area contributed by atoms with Crippen LogP contribution in [0.25, 0.3) is 0 Å². The van der Waals surface area contributed by atoms with Crippen LogP contribution in [0, 0.1) is 11.3 Å². The summed E-state index contributed by atoms with van der Waals surface area (Å²) >= 11 is 0. The fourth-order valence-corrected chi connectivity index (χ4v) is 3.50. The zero-order valence-electron chi connectivity index (χ0n) is 17.1. The molecule has 0 aliphatic carbocycles. The minimum atomic E-state index is -0.170. The summed E-state index contributed by atoms with van der Waals surface area (Å²) in [5.41, 5.74) is 1.73. The highest BCUT2D eigenvalue weighted by Gasteiger charge is 2.17. The zero-order chi connectivity index (χ0) is 21.2. The fourth-order valence-electron chi connectivity index (χ4n) is 3.50. The van der Waals surface area contributed by atoms with Crippen LogP contribution in [-0.2, 0) is 16.1 Å². The Morgan fingerprint density at radius 3 is 2.63 bits per heavy atom. The van der Waals surface area contributed by atoms with Crippen LogP contribution in [0.4, 0.5) is 11.5 Å². The summed E-state index contributed by atoms with van der Waals surface area (Å²) in [7, 11) is 0.